The van der Waals surface area contributed by atoms with E-state index >= 15 is 0 Å². The lowest BCUT2D eigenvalue weighted by Crippen LogP contribution is -2.45. The zero-order valence-corrected chi connectivity index (χ0v) is 23.0. The number of nitrogens with zero attached hydrogens (tertiary/aromatic N) is 7. The topological polar surface area (TPSA) is 111 Å². The van der Waals surface area contributed by atoms with Crippen molar-refractivity contribution in [3.8, 4) is 11.5 Å². The maximum atomic E-state index is 12.4. The fourth-order valence-corrected chi connectivity index (χ4v) is 6.32. The van der Waals surface area contributed by atoms with Crippen molar-refractivity contribution in [2.24, 2.45) is 7.05 Å². The summed E-state index contributed by atoms with van der Waals surface area (Å²) in [5.41, 5.74) is 5.96. The highest BCUT2D eigenvalue weighted by Gasteiger charge is 2.43. The first-order chi connectivity index (χ1) is 20.0. The van der Waals surface area contributed by atoms with Gasteiger partial charge >= 0.3 is 0 Å². The molecule has 2 atom stereocenters. The van der Waals surface area contributed by atoms with Crippen LogP contribution in [0.3, 0.4) is 0 Å². The molecule has 2 bridgehead atoms. The van der Waals surface area contributed by atoms with Crippen LogP contribution in [0.25, 0.3) is 22.2 Å². The number of hydrogen-bond acceptors (Lipinski definition) is 8. The normalized spacial score (nSPS) is 20.0. The number of aromatic nitrogens is 6. The first-order valence-electron chi connectivity index (χ1n) is 13.9. The van der Waals surface area contributed by atoms with Crippen LogP contribution in [0.5, 0.6) is 11.5 Å². The molecule has 0 radical (unpaired) electrons. The van der Waals surface area contributed by atoms with Crippen molar-refractivity contribution in [2.45, 2.75) is 50.6 Å². The molecule has 1 amide bonds. The molecule has 5 aromatic rings. The molecular weight excluding hydrogens is 516 g/mol. The Kier molecular flexibility index (Phi) is 6.10. The van der Waals surface area contributed by atoms with Gasteiger partial charge in [0.15, 0.2) is 11.5 Å². The molecule has 1 aromatic carbocycles. The van der Waals surface area contributed by atoms with Gasteiger partial charge in [0.25, 0.3) is 0 Å². The third kappa shape index (κ3) is 4.55. The Morgan fingerprint density at radius 3 is 2.66 bits per heavy atom. The second-order valence-electron chi connectivity index (χ2n) is 10.9. The van der Waals surface area contributed by atoms with Crippen LogP contribution in [-0.4, -0.2) is 52.4 Å². The maximum absolute atomic E-state index is 12.4. The van der Waals surface area contributed by atoms with Crippen LogP contribution in [0.15, 0.2) is 67.9 Å². The van der Waals surface area contributed by atoms with Crippen LogP contribution in [0.2, 0.25) is 0 Å². The SMILES string of the molecule is C=CC(=O)N1C2CCC1CC(c1ccc3ncnc(Nc4ccc(Oc5cnc6c(c5)ncn6C)c(C)c4)c3n1)C2. The molecule has 2 aliphatic heterocycles. The van der Waals surface area contributed by atoms with Crippen molar-refractivity contribution in [1.29, 1.82) is 0 Å². The number of ether oxygens (including phenoxy) is 1. The van der Waals surface area contributed by atoms with Gasteiger partial charge in [0.2, 0.25) is 5.91 Å². The van der Waals surface area contributed by atoms with Crippen molar-refractivity contribution in [3.63, 3.8) is 0 Å². The minimum atomic E-state index is 0.0416. The average molecular weight is 547 g/mol. The molecule has 4 aromatic heterocycles. The lowest BCUT2D eigenvalue weighted by molar-refractivity contribution is -0.130. The number of carbonyl (C=O) groups excluding carboxylic acids is 1. The smallest absolute Gasteiger partial charge is 0.246 e. The molecule has 1 N–H and O–H groups in total. The largest absolute Gasteiger partial charge is 0.455 e. The van der Waals surface area contributed by atoms with Crippen LogP contribution in [0.4, 0.5) is 11.5 Å². The Labute approximate surface area is 237 Å². The highest BCUT2D eigenvalue weighted by atomic mass is 16.5. The average Bonchev–Trinajstić information content (AvgIpc) is 3.48. The van der Waals surface area contributed by atoms with Crippen molar-refractivity contribution in [1.82, 2.24) is 34.4 Å². The lowest BCUT2D eigenvalue weighted by atomic mass is 9.87. The molecule has 10 heteroatoms. The summed E-state index contributed by atoms with van der Waals surface area (Å²) in [7, 11) is 1.91. The minimum Gasteiger partial charge on any atom is -0.455 e. The van der Waals surface area contributed by atoms with E-state index in [1.807, 2.05) is 53.8 Å². The van der Waals surface area contributed by atoms with E-state index in [9.17, 15) is 4.79 Å². The minimum absolute atomic E-state index is 0.0416. The van der Waals surface area contributed by atoms with E-state index < -0.39 is 0 Å². The van der Waals surface area contributed by atoms with Gasteiger partial charge in [0.05, 0.1) is 18.0 Å². The van der Waals surface area contributed by atoms with Crippen molar-refractivity contribution in [3.05, 3.63) is 79.2 Å². The van der Waals surface area contributed by atoms with E-state index in [4.69, 9.17) is 9.72 Å². The van der Waals surface area contributed by atoms with Gasteiger partial charge in [-0.05, 0) is 74.6 Å². The number of imidazole rings is 1. The quantitative estimate of drug-likeness (QED) is 0.275. The summed E-state index contributed by atoms with van der Waals surface area (Å²) in [5.74, 6) is 2.34. The number of nitrogens with one attached hydrogen (secondary N) is 1. The molecule has 10 nitrogen and oxygen atoms in total. The third-order valence-electron chi connectivity index (χ3n) is 8.28. The van der Waals surface area contributed by atoms with Gasteiger partial charge in [-0.15, -0.1) is 0 Å². The van der Waals surface area contributed by atoms with Crippen molar-refractivity contribution >= 4 is 39.6 Å². The van der Waals surface area contributed by atoms with Gasteiger partial charge in [0.1, 0.15) is 28.9 Å². The van der Waals surface area contributed by atoms with E-state index in [1.165, 1.54) is 6.08 Å². The van der Waals surface area contributed by atoms with Crippen molar-refractivity contribution in [2.75, 3.05) is 5.32 Å². The number of pyridine rings is 2. The summed E-state index contributed by atoms with van der Waals surface area (Å²) in [6, 6.07) is 12.4. The summed E-state index contributed by atoms with van der Waals surface area (Å²) in [4.78, 5) is 37.3. The fourth-order valence-electron chi connectivity index (χ4n) is 6.32. The Hall–Kier alpha value is -4.86. The van der Waals surface area contributed by atoms with Crippen LogP contribution in [-0.2, 0) is 11.8 Å². The number of piperidine rings is 1. The van der Waals surface area contributed by atoms with E-state index in [2.05, 4.69) is 37.9 Å². The predicted molar refractivity (Wildman–Crippen MR) is 156 cm³/mol. The van der Waals surface area contributed by atoms with E-state index in [1.54, 1.807) is 18.9 Å². The van der Waals surface area contributed by atoms with Crippen LogP contribution < -0.4 is 10.1 Å². The number of carbonyl (C=O) groups is 1. The zero-order chi connectivity index (χ0) is 28.1. The summed E-state index contributed by atoms with van der Waals surface area (Å²) in [5, 5.41) is 3.44. The number of amides is 1. The summed E-state index contributed by atoms with van der Waals surface area (Å²) < 4.78 is 8.00. The van der Waals surface area contributed by atoms with Gasteiger partial charge in [0, 0.05) is 42.5 Å². The van der Waals surface area contributed by atoms with E-state index in [-0.39, 0.29) is 23.9 Å². The van der Waals surface area contributed by atoms with Crippen LogP contribution in [0.1, 0.15) is 42.9 Å². The molecule has 0 aliphatic carbocycles. The maximum Gasteiger partial charge on any atom is 0.246 e. The number of aryl methyl sites for hydroxylation is 2. The first-order valence-corrected chi connectivity index (χ1v) is 13.9. The Balaban J connectivity index is 1.12. The van der Waals surface area contributed by atoms with Crippen LogP contribution >= 0.6 is 0 Å². The zero-order valence-electron chi connectivity index (χ0n) is 23.0. The number of hydrogen-bond donors (Lipinski definition) is 1. The highest BCUT2D eigenvalue weighted by Crippen LogP contribution is 2.43. The number of rotatable bonds is 6. The molecule has 2 aliphatic rings. The molecule has 7 rings (SSSR count). The van der Waals surface area contributed by atoms with Gasteiger partial charge in [-0.1, -0.05) is 6.58 Å². The molecule has 2 unspecified atom stereocenters. The van der Waals surface area contributed by atoms with Gasteiger partial charge in [-0.25, -0.2) is 24.9 Å². The van der Waals surface area contributed by atoms with E-state index in [0.29, 0.717) is 11.6 Å². The van der Waals surface area contributed by atoms with Gasteiger partial charge in [-0.3, -0.25) is 4.79 Å². The molecule has 2 saturated heterocycles. The first kappa shape index (κ1) is 25.1. The second-order valence-corrected chi connectivity index (χ2v) is 10.9. The third-order valence-corrected chi connectivity index (χ3v) is 8.28. The Bertz CT molecular complexity index is 1800. The molecular formula is C31H30N8O2. The second kappa shape index (κ2) is 9.96. The predicted octanol–water partition coefficient (Wildman–Crippen LogP) is 5.57. The fraction of sp³-hybridized carbons (Fsp3) is 0.290. The number of benzene rings is 1. The number of anilines is 2. The lowest BCUT2D eigenvalue weighted by Gasteiger charge is -2.38. The molecule has 0 saturated carbocycles. The Morgan fingerprint density at radius 2 is 1.88 bits per heavy atom. The molecule has 206 valence electrons. The molecule has 41 heavy (non-hydrogen) atoms. The molecule has 2 fully saturated rings. The van der Waals surface area contributed by atoms with Gasteiger partial charge < -0.3 is 19.5 Å². The highest BCUT2D eigenvalue weighted by molar-refractivity contribution is 5.88. The summed E-state index contributed by atoms with van der Waals surface area (Å²) in [6.07, 6.45) is 10.3. The van der Waals surface area contributed by atoms with Crippen molar-refractivity contribution < 1.29 is 9.53 Å². The molecule has 0 spiro atoms. The molecule has 6 heterocycles. The number of fused-ring (bicyclic) bond motifs is 4. The van der Waals surface area contributed by atoms with E-state index in [0.717, 1.165) is 70.6 Å². The summed E-state index contributed by atoms with van der Waals surface area (Å²) >= 11 is 0. The van der Waals surface area contributed by atoms with Crippen LogP contribution in [0, 0.1) is 6.92 Å². The monoisotopic (exact) mass is 546 g/mol. The standard InChI is InChI=1S/C31H30N8O2/c1-4-28(40)39-21-6-7-22(39)13-19(12-21)24-8-9-25-29(37-24)30(34-16-33-25)36-20-5-10-27(18(2)11-20)41-23-14-26-31(32-15-23)38(3)17-35-26/h4-5,8-11,14-17,19,21-22H,1,6-7,12-13H2,2-3H3,(H,33,34,36). The van der Waals surface area contributed by atoms with Gasteiger partial charge in [-0.2, -0.15) is 0 Å². The Morgan fingerprint density at radius 1 is 1.05 bits per heavy atom. The summed E-state index contributed by atoms with van der Waals surface area (Å²) in [6.45, 7) is 5.69.